The van der Waals surface area contributed by atoms with Crippen LogP contribution < -0.4 is 5.32 Å². The summed E-state index contributed by atoms with van der Waals surface area (Å²) in [6.07, 6.45) is 6.81. The lowest BCUT2D eigenvalue weighted by atomic mass is 10.0. The summed E-state index contributed by atoms with van der Waals surface area (Å²) in [5.74, 6) is -0.907. The summed E-state index contributed by atoms with van der Waals surface area (Å²) in [5, 5.41) is 11.9. The van der Waals surface area contributed by atoms with Gasteiger partial charge in [-0.3, -0.25) is 0 Å². The summed E-state index contributed by atoms with van der Waals surface area (Å²) >= 11 is 0. The van der Waals surface area contributed by atoms with Gasteiger partial charge in [0.1, 0.15) is 6.04 Å². The molecule has 1 fully saturated rings. The van der Waals surface area contributed by atoms with Crippen LogP contribution in [0.5, 0.6) is 0 Å². The van der Waals surface area contributed by atoms with Gasteiger partial charge in [-0.25, -0.2) is 9.59 Å². The van der Waals surface area contributed by atoms with Crippen LogP contribution >= 0.6 is 0 Å². The quantitative estimate of drug-likeness (QED) is 0.595. The van der Waals surface area contributed by atoms with Gasteiger partial charge >= 0.3 is 12.0 Å². The van der Waals surface area contributed by atoms with Gasteiger partial charge in [0.2, 0.25) is 0 Å². The number of carboxylic acids is 1. The summed E-state index contributed by atoms with van der Waals surface area (Å²) in [5.41, 5.74) is 0. The van der Waals surface area contributed by atoms with Crippen molar-refractivity contribution in [3.63, 3.8) is 0 Å². The zero-order valence-corrected chi connectivity index (χ0v) is 10.7. The van der Waals surface area contributed by atoms with E-state index in [-0.39, 0.29) is 6.03 Å². The number of likely N-dealkylation sites (tertiary alicyclic amines) is 1. The molecule has 1 rings (SSSR count). The number of carboxylic acid groups (broad SMARTS) is 1. The van der Waals surface area contributed by atoms with Gasteiger partial charge in [0.05, 0.1) is 0 Å². The fourth-order valence-corrected chi connectivity index (χ4v) is 2.17. The van der Waals surface area contributed by atoms with E-state index < -0.39 is 12.0 Å². The lowest BCUT2D eigenvalue weighted by Crippen LogP contribution is -2.50. The molecule has 18 heavy (non-hydrogen) atoms. The average Bonchev–Trinajstić information content (AvgIpc) is 2.28. The molecular weight excluding hydrogens is 232 g/mol. The van der Waals surface area contributed by atoms with Crippen molar-refractivity contribution in [2.45, 2.75) is 44.6 Å². The Bertz CT molecular complexity index is 305. The minimum absolute atomic E-state index is 0.272. The summed E-state index contributed by atoms with van der Waals surface area (Å²) in [4.78, 5) is 24.7. The lowest BCUT2D eigenvalue weighted by molar-refractivity contribution is -0.142. The van der Waals surface area contributed by atoms with E-state index in [0.717, 1.165) is 25.7 Å². The van der Waals surface area contributed by atoms with Gasteiger partial charge in [-0.15, -0.1) is 6.58 Å². The van der Waals surface area contributed by atoms with E-state index >= 15 is 0 Å². The molecular formula is C13H22N2O3. The Balaban J connectivity index is 2.61. The number of aliphatic carboxylic acids is 1. The van der Waals surface area contributed by atoms with Crippen molar-refractivity contribution in [1.29, 1.82) is 0 Å². The van der Waals surface area contributed by atoms with Crippen LogP contribution in [0.4, 0.5) is 4.79 Å². The Morgan fingerprint density at radius 3 is 2.72 bits per heavy atom. The molecule has 0 saturated carbocycles. The van der Waals surface area contributed by atoms with Crippen molar-refractivity contribution >= 4 is 12.0 Å². The molecule has 2 N–H and O–H groups in total. The maximum Gasteiger partial charge on any atom is 0.326 e. The number of nitrogens with zero attached hydrogens (tertiary/aromatic N) is 1. The van der Waals surface area contributed by atoms with Crippen LogP contribution in [0, 0.1) is 0 Å². The van der Waals surface area contributed by atoms with Gasteiger partial charge in [-0.2, -0.15) is 0 Å². The first-order chi connectivity index (χ1) is 8.66. The molecule has 2 amide bonds. The van der Waals surface area contributed by atoms with Crippen LogP contribution in [0.25, 0.3) is 0 Å². The third kappa shape index (κ3) is 4.39. The summed E-state index contributed by atoms with van der Waals surface area (Å²) < 4.78 is 0. The van der Waals surface area contributed by atoms with E-state index in [9.17, 15) is 14.7 Å². The van der Waals surface area contributed by atoms with E-state index in [1.807, 2.05) is 0 Å². The Kier molecular flexibility index (Phi) is 6.25. The fourth-order valence-electron chi connectivity index (χ4n) is 2.17. The van der Waals surface area contributed by atoms with Crippen molar-refractivity contribution in [1.82, 2.24) is 10.2 Å². The normalized spacial score (nSPS) is 20.7. The third-order valence-electron chi connectivity index (χ3n) is 3.17. The van der Waals surface area contributed by atoms with Gasteiger partial charge in [0, 0.05) is 13.1 Å². The molecule has 1 unspecified atom stereocenters. The second-order valence-electron chi connectivity index (χ2n) is 4.56. The Morgan fingerprint density at radius 1 is 1.33 bits per heavy atom. The van der Waals surface area contributed by atoms with Crippen molar-refractivity contribution < 1.29 is 14.7 Å². The molecule has 102 valence electrons. The first kappa shape index (κ1) is 14.5. The van der Waals surface area contributed by atoms with Crippen molar-refractivity contribution in [2.24, 2.45) is 0 Å². The molecule has 0 aliphatic carbocycles. The SMILES string of the molecule is C=CCCNC(=O)N1CCCCCCC1C(=O)O. The fraction of sp³-hybridized carbons (Fsp3) is 0.692. The predicted octanol–water partition coefficient (Wildman–Crippen LogP) is 1.99. The smallest absolute Gasteiger partial charge is 0.326 e. The van der Waals surface area contributed by atoms with Crippen molar-refractivity contribution in [2.75, 3.05) is 13.1 Å². The first-order valence-corrected chi connectivity index (χ1v) is 6.55. The van der Waals surface area contributed by atoms with E-state index in [1.165, 1.54) is 4.90 Å². The van der Waals surface area contributed by atoms with Crippen molar-refractivity contribution in [3.05, 3.63) is 12.7 Å². The molecule has 0 aromatic carbocycles. The number of amides is 2. The first-order valence-electron chi connectivity index (χ1n) is 6.55. The van der Waals surface area contributed by atoms with Gasteiger partial charge in [-0.05, 0) is 19.3 Å². The highest BCUT2D eigenvalue weighted by atomic mass is 16.4. The molecule has 1 aliphatic heterocycles. The predicted molar refractivity (Wildman–Crippen MR) is 69.4 cm³/mol. The highest BCUT2D eigenvalue weighted by molar-refractivity contribution is 5.82. The highest BCUT2D eigenvalue weighted by Gasteiger charge is 2.29. The van der Waals surface area contributed by atoms with Crippen LogP contribution in [0.15, 0.2) is 12.7 Å². The zero-order valence-electron chi connectivity index (χ0n) is 10.7. The summed E-state index contributed by atoms with van der Waals surface area (Å²) in [7, 11) is 0. The van der Waals surface area contributed by atoms with Crippen LogP contribution in [0.2, 0.25) is 0 Å². The molecule has 1 saturated heterocycles. The maximum atomic E-state index is 12.0. The minimum Gasteiger partial charge on any atom is -0.480 e. The van der Waals surface area contributed by atoms with Gasteiger partial charge in [0.25, 0.3) is 0 Å². The van der Waals surface area contributed by atoms with E-state index in [0.29, 0.717) is 25.9 Å². The molecule has 5 nitrogen and oxygen atoms in total. The Morgan fingerprint density at radius 2 is 2.06 bits per heavy atom. The second kappa shape index (κ2) is 7.74. The summed E-state index contributed by atoms with van der Waals surface area (Å²) in [6, 6.07) is -0.958. The van der Waals surface area contributed by atoms with E-state index in [2.05, 4.69) is 11.9 Å². The van der Waals surface area contributed by atoms with E-state index in [1.54, 1.807) is 6.08 Å². The lowest BCUT2D eigenvalue weighted by Gasteiger charge is -2.30. The highest BCUT2D eigenvalue weighted by Crippen LogP contribution is 2.17. The molecule has 1 atom stereocenters. The average molecular weight is 254 g/mol. The van der Waals surface area contributed by atoms with Gasteiger partial charge < -0.3 is 15.3 Å². The molecule has 1 aliphatic rings. The number of nitrogens with one attached hydrogen (secondary N) is 1. The zero-order chi connectivity index (χ0) is 13.4. The number of carbonyl (C=O) groups excluding carboxylic acids is 1. The number of urea groups is 1. The Hall–Kier alpha value is -1.52. The Labute approximate surface area is 108 Å². The van der Waals surface area contributed by atoms with Gasteiger partial charge in [0.15, 0.2) is 0 Å². The molecule has 0 radical (unpaired) electrons. The minimum atomic E-state index is -0.907. The number of hydrogen-bond acceptors (Lipinski definition) is 2. The van der Waals surface area contributed by atoms with E-state index in [4.69, 9.17) is 0 Å². The van der Waals surface area contributed by atoms with Crippen LogP contribution in [0.1, 0.15) is 38.5 Å². The van der Waals surface area contributed by atoms with Crippen LogP contribution in [0.3, 0.4) is 0 Å². The molecule has 0 spiro atoms. The van der Waals surface area contributed by atoms with Crippen LogP contribution in [-0.4, -0.2) is 41.1 Å². The van der Waals surface area contributed by atoms with Crippen LogP contribution in [-0.2, 0) is 4.79 Å². The molecule has 5 heteroatoms. The molecule has 0 bridgehead atoms. The number of carbonyl (C=O) groups is 2. The van der Waals surface area contributed by atoms with Crippen molar-refractivity contribution in [3.8, 4) is 0 Å². The van der Waals surface area contributed by atoms with Gasteiger partial charge in [-0.1, -0.05) is 25.3 Å². The molecule has 0 aromatic rings. The standard InChI is InChI=1S/C13H22N2O3/c1-2-3-9-14-13(18)15-10-7-5-4-6-8-11(15)12(16)17/h2,11H,1,3-10H2,(H,14,18)(H,16,17). The number of hydrogen-bond donors (Lipinski definition) is 2. The largest absolute Gasteiger partial charge is 0.480 e. The number of rotatable bonds is 4. The topological polar surface area (TPSA) is 69.6 Å². The molecule has 0 aromatic heterocycles. The maximum absolute atomic E-state index is 12.0. The second-order valence-corrected chi connectivity index (χ2v) is 4.56. The monoisotopic (exact) mass is 254 g/mol. The molecule has 1 heterocycles. The summed E-state index contributed by atoms with van der Waals surface area (Å²) in [6.45, 7) is 4.61. The third-order valence-corrected chi connectivity index (χ3v) is 3.17.